The van der Waals surface area contributed by atoms with Gasteiger partial charge in [0.1, 0.15) is 6.04 Å². The SMILES string of the molecule is N#CC1CN(C(=O)c2ccnc3ccncc23)CCN1Cc1ccccc1. The summed E-state index contributed by atoms with van der Waals surface area (Å²) in [5.41, 5.74) is 2.50. The number of carbonyl (C=O) groups excluding carboxylic acids is 1. The van der Waals surface area contributed by atoms with E-state index in [1.54, 1.807) is 35.6 Å². The smallest absolute Gasteiger partial charge is 0.254 e. The summed E-state index contributed by atoms with van der Waals surface area (Å²) in [5.74, 6) is -0.0741. The molecule has 4 rings (SSSR count). The van der Waals surface area contributed by atoms with Crippen molar-refractivity contribution in [2.45, 2.75) is 12.6 Å². The van der Waals surface area contributed by atoms with E-state index in [1.807, 2.05) is 18.2 Å². The molecule has 0 saturated carbocycles. The molecule has 1 unspecified atom stereocenters. The molecule has 1 amide bonds. The van der Waals surface area contributed by atoms with Crippen LogP contribution in [-0.4, -0.2) is 51.4 Å². The standard InChI is InChI=1S/C21H19N5O/c22-12-17-15-26(11-10-25(17)14-16-4-2-1-3-5-16)21(27)18-6-9-24-20-7-8-23-13-19(18)20/h1-9,13,17H,10-11,14-15H2. The maximum Gasteiger partial charge on any atom is 0.254 e. The topological polar surface area (TPSA) is 73.1 Å². The van der Waals surface area contributed by atoms with Gasteiger partial charge in [-0.3, -0.25) is 19.7 Å². The Morgan fingerprint density at radius 3 is 2.81 bits per heavy atom. The number of pyridine rings is 2. The summed E-state index contributed by atoms with van der Waals surface area (Å²) in [7, 11) is 0. The van der Waals surface area contributed by atoms with Crippen molar-refractivity contribution in [3.05, 3.63) is 72.2 Å². The molecule has 27 heavy (non-hydrogen) atoms. The van der Waals surface area contributed by atoms with Gasteiger partial charge in [0.25, 0.3) is 5.91 Å². The molecule has 1 fully saturated rings. The third kappa shape index (κ3) is 3.50. The van der Waals surface area contributed by atoms with E-state index in [0.29, 0.717) is 31.7 Å². The Balaban J connectivity index is 1.52. The van der Waals surface area contributed by atoms with Crippen LogP contribution in [0.2, 0.25) is 0 Å². The molecule has 134 valence electrons. The van der Waals surface area contributed by atoms with Gasteiger partial charge in [-0.2, -0.15) is 5.26 Å². The van der Waals surface area contributed by atoms with E-state index in [4.69, 9.17) is 0 Å². The van der Waals surface area contributed by atoms with Crippen molar-refractivity contribution < 1.29 is 4.79 Å². The highest BCUT2D eigenvalue weighted by atomic mass is 16.2. The van der Waals surface area contributed by atoms with Crippen molar-refractivity contribution in [1.82, 2.24) is 19.8 Å². The molecule has 3 heterocycles. The number of aromatic nitrogens is 2. The number of piperazine rings is 1. The number of fused-ring (bicyclic) bond motifs is 1. The number of amides is 1. The second kappa shape index (κ2) is 7.52. The van der Waals surface area contributed by atoms with Crippen LogP contribution in [-0.2, 0) is 6.54 Å². The summed E-state index contributed by atoms with van der Waals surface area (Å²) in [6, 6.07) is 15.6. The van der Waals surface area contributed by atoms with Crippen LogP contribution in [0.25, 0.3) is 10.9 Å². The van der Waals surface area contributed by atoms with Crippen LogP contribution in [0.5, 0.6) is 0 Å². The first-order valence-corrected chi connectivity index (χ1v) is 8.92. The van der Waals surface area contributed by atoms with Crippen LogP contribution >= 0.6 is 0 Å². The Morgan fingerprint density at radius 1 is 1.15 bits per heavy atom. The molecular weight excluding hydrogens is 338 g/mol. The minimum absolute atomic E-state index is 0.0741. The molecule has 1 aromatic carbocycles. The minimum Gasteiger partial charge on any atom is -0.335 e. The predicted octanol–water partition coefficient (Wildman–Crippen LogP) is 2.48. The van der Waals surface area contributed by atoms with Crippen molar-refractivity contribution in [3.63, 3.8) is 0 Å². The lowest BCUT2D eigenvalue weighted by Gasteiger charge is -2.38. The lowest BCUT2D eigenvalue weighted by atomic mass is 10.1. The fourth-order valence-electron chi connectivity index (χ4n) is 3.48. The maximum atomic E-state index is 13.1. The van der Waals surface area contributed by atoms with Crippen LogP contribution < -0.4 is 0 Å². The van der Waals surface area contributed by atoms with Crippen molar-refractivity contribution in [2.75, 3.05) is 19.6 Å². The lowest BCUT2D eigenvalue weighted by molar-refractivity contribution is 0.0554. The Hall–Kier alpha value is -3.30. The van der Waals surface area contributed by atoms with E-state index in [1.165, 1.54) is 5.56 Å². The number of nitrogens with zero attached hydrogens (tertiary/aromatic N) is 5. The number of carbonyl (C=O) groups is 1. The Kier molecular flexibility index (Phi) is 4.77. The van der Waals surface area contributed by atoms with E-state index in [0.717, 1.165) is 10.9 Å². The first-order valence-electron chi connectivity index (χ1n) is 8.92. The van der Waals surface area contributed by atoms with E-state index in [2.05, 4.69) is 33.1 Å². The van der Waals surface area contributed by atoms with Gasteiger partial charge in [-0.15, -0.1) is 0 Å². The quantitative estimate of drug-likeness (QED) is 0.720. The summed E-state index contributed by atoms with van der Waals surface area (Å²) < 4.78 is 0. The molecule has 2 aromatic heterocycles. The molecule has 3 aromatic rings. The van der Waals surface area contributed by atoms with Gasteiger partial charge in [0.15, 0.2) is 0 Å². The zero-order valence-corrected chi connectivity index (χ0v) is 14.8. The van der Waals surface area contributed by atoms with E-state index < -0.39 is 0 Å². The second-order valence-corrected chi connectivity index (χ2v) is 6.60. The van der Waals surface area contributed by atoms with Crippen molar-refractivity contribution >= 4 is 16.8 Å². The first kappa shape index (κ1) is 17.1. The molecule has 0 spiro atoms. The molecule has 0 N–H and O–H groups in total. The summed E-state index contributed by atoms with van der Waals surface area (Å²) in [4.78, 5) is 25.4. The number of rotatable bonds is 3. The predicted molar refractivity (Wildman–Crippen MR) is 102 cm³/mol. The van der Waals surface area contributed by atoms with Gasteiger partial charge in [0.05, 0.1) is 17.1 Å². The summed E-state index contributed by atoms with van der Waals surface area (Å²) in [6.07, 6.45) is 4.98. The molecule has 1 aliphatic rings. The van der Waals surface area contributed by atoms with E-state index >= 15 is 0 Å². The van der Waals surface area contributed by atoms with Gasteiger partial charge < -0.3 is 4.90 Å². The highest BCUT2D eigenvalue weighted by molar-refractivity contribution is 6.05. The van der Waals surface area contributed by atoms with Gasteiger partial charge in [-0.1, -0.05) is 30.3 Å². The Bertz CT molecular complexity index is 993. The molecule has 1 aliphatic heterocycles. The van der Waals surface area contributed by atoms with E-state index in [9.17, 15) is 10.1 Å². The van der Waals surface area contributed by atoms with Gasteiger partial charge in [0, 0.05) is 50.2 Å². The largest absolute Gasteiger partial charge is 0.335 e. The summed E-state index contributed by atoms with van der Waals surface area (Å²) >= 11 is 0. The molecule has 0 radical (unpaired) electrons. The van der Waals surface area contributed by atoms with Crippen LogP contribution in [0.4, 0.5) is 0 Å². The van der Waals surface area contributed by atoms with Crippen molar-refractivity contribution in [3.8, 4) is 6.07 Å². The van der Waals surface area contributed by atoms with Gasteiger partial charge >= 0.3 is 0 Å². The Labute approximate surface area is 157 Å². The lowest BCUT2D eigenvalue weighted by Crippen LogP contribution is -2.53. The maximum absolute atomic E-state index is 13.1. The zero-order valence-electron chi connectivity index (χ0n) is 14.8. The van der Waals surface area contributed by atoms with Gasteiger partial charge in [-0.25, -0.2) is 0 Å². The molecule has 0 aliphatic carbocycles. The molecule has 6 heteroatoms. The molecule has 6 nitrogen and oxygen atoms in total. The monoisotopic (exact) mass is 357 g/mol. The second-order valence-electron chi connectivity index (χ2n) is 6.60. The van der Waals surface area contributed by atoms with Gasteiger partial charge in [-0.05, 0) is 17.7 Å². The number of benzene rings is 1. The third-order valence-corrected chi connectivity index (χ3v) is 4.93. The normalized spacial score (nSPS) is 17.6. The Morgan fingerprint density at radius 2 is 2.00 bits per heavy atom. The minimum atomic E-state index is -0.325. The van der Waals surface area contributed by atoms with Crippen LogP contribution in [0.3, 0.4) is 0 Å². The fourth-order valence-corrected chi connectivity index (χ4v) is 3.48. The van der Waals surface area contributed by atoms with Crippen molar-refractivity contribution in [2.24, 2.45) is 0 Å². The van der Waals surface area contributed by atoms with Crippen LogP contribution in [0, 0.1) is 11.3 Å². The molecule has 0 bridgehead atoms. The number of hydrogen-bond acceptors (Lipinski definition) is 5. The summed E-state index contributed by atoms with van der Waals surface area (Å²) in [6.45, 7) is 2.36. The average Bonchev–Trinajstić information content (AvgIpc) is 2.74. The zero-order chi connectivity index (χ0) is 18.6. The summed E-state index contributed by atoms with van der Waals surface area (Å²) in [5, 5.41) is 10.4. The van der Waals surface area contributed by atoms with Crippen LogP contribution in [0.15, 0.2) is 61.1 Å². The molecule has 1 atom stereocenters. The number of nitriles is 1. The highest BCUT2D eigenvalue weighted by Crippen LogP contribution is 2.20. The first-order chi connectivity index (χ1) is 13.3. The van der Waals surface area contributed by atoms with E-state index in [-0.39, 0.29) is 11.9 Å². The molecule has 1 saturated heterocycles. The average molecular weight is 357 g/mol. The molecular formula is C21H19N5O. The van der Waals surface area contributed by atoms with Crippen LogP contribution in [0.1, 0.15) is 15.9 Å². The van der Waals surface area contributed by atoms with Crippen molar-refractivity contribution in [1.29, 1.82) is 5.26 Å². The third-order valence-electron chi connectivity index (χ3n) is 4.93. The fraction of sp³-hybridized carbons (Fsp3) is 0.238. The van der Waals surface area contributed by atoms with Gasteiger partial charge in [0.2, 0.25) is 0 Å². The number of hydrogen-bond donors (Lipinski definition) is 0. The highest BCUT2D eigenvalue weighted by Gasteiger charge is 2.30.